The molecule has 0 saturated heterocycles. The fraction of sp³-hybridized carbons (Fsp3) is 0.533. The van der Waals surface area contributed by atoms with Crippen molar-refractivity contribution in [1.29, 1.82) is 0 Å². The van der Waals surface area contributed by atoms with Gasteiger partial charge in [0.1, 0.15) is 0 Å². The number of carbonyl (C=O) groups is 1. The van der Waals surface area contributed by atoms with Crippen molar-refractivity contribution in [2.45, 2.75) is 26.2 Å². The van der Waals surface area contributed by atoms with Crippen molar-refractivity contribution in [2.24, 2.45) is 5.92 Å². The topological polar surface area (TPSA) is 20.3 Å². The molecule has 0 heterocycles. The van der Waals surface area contributed by atoms with Gasteiger partial charge in [0.2, 0.25) is 0 Å². The zero-order chi connectivity index (χ0) is 13.0. The lowest BCUT2D eigenvalue weighted by atomic mass is 9.85. The smallest absolute Gasteiger partial charge is 0.176 e. The number of nitrogens with zero attached hydrogens (tertiary/aromatic N) is 1. The van der Waals surface area contributed by atoms with E-state index in [-0.39, 0.29) is 5.78 Å². The second kappa shape index (κ2) is 6.66. The standard InChI is InChI=1S/C15H20INO/c1-2-17(10-12-4-3-5-12)11-15(18)13-6-8-14(16)9-7-13/h6-9,12H,2-5,10-11H2,1H3. The highest BCUT2D eigenvalue weighted by molar-refractivity contribution is 14.1. The normalized spacial score (nSPS) is 15.7. The first-order valence-electron chi connectivity index (χ1n) is 6.70. The summed E-state index contributed by atoms with van der Waals surface area (Å²) >= 11 is 2.26. The number of halogens is 1. The van der Waals surface area contributed by atoms with Gasteiger partial charge in [0.05, 0.1) is 6.54 Å². The first-order valence-corrected chi connectivity index (χ1v) is 7.78. The van der Waals surface area contributed by atoms with Gasteiger partial charge in [-0.05, 0) is 60.0 Å². The van der Waals surface area contributed by atoms with Crippen LogP contribution in [0.25, 0.3) is 0 Å². The minimum Gasteiger partial charge on any atom is -0.296 e. The summed E-state index contributed by atoms with van der Waals surface area (Å²) in [4.78, 5) is 14.5. The Kier molecular flexibility index (Phi) is 5.18. The summed E-state index contributed by atoms with van der Waals surface area (Å²) in [7, 11) is 0. The second-order valence-electron chi connectivity index (χ2n) is 5.05. The van der Waals surface area contributed by atoms with E-state index in [2.05, 4.69) is 34.4 Å². The summed E-state index contributed by atoms with van der Waals surface area (Å²) in [5.41, 5.74) is 0.836. The maximum Gasteiger partial charge on any atom is 0.176 e. The van der Waals surface area contributed by atoms with E-state index in [0.717, 1.165) is 24.6 Å². The Hall–Kier alpha value is -0.420. The van der Waals surface area contributed by atoms with Gasteiger partial charge < -0.3 is 0 Å². The van der Waals surface area contributed by atoms with Crippen molar-refractivity contribution < 1.29 is 4.79 Å². The third-order valence-corrected chi connectivity index (χ3v) is 4.44. The Morgan fingerprint density at radius 3 is 2.50 bits per heavy atom. The molecule has 18 heavy (non-hydrogen) atoms. The molecule has 0 unspecified atom stereocenters. The van der Waals surface area contributed by atoms with Crippen molar-refractivity contribution in [3.63, 3.8) is 0 Å². The predicted molar refractivity (Wildman–Crippen MR) is 82.9 cm³/mol. The molecule has 0 N–H and O–H groups in total. The van der Waals surface area contributed by atoms with Crippen LogP contribution in [0.1, 0.15) is 36.5 Å². The Balaban J connectivity index is 1.89. The number of Topliss-reactive ketones (excluding diaryl/α,β-unsaturated/α-hetero) is 1. The van der Waals surface area contributed by atoms with Gasteiger partial charge in [-0.25, -0.2) is 0 Å². The molecule has 3 heteroatoms. The molecule has 1 aromatic carbocycles. The van der Waals surface area contributed by atoms with E-state index in [0.29, 0.717) is 6.54 Å². The third-order valence-electron chi connectivity index (χ3n) is 3.72. The third kappa shape index (κ3) is 3.79. The van der Waals surface area contributed by atoms with Gasteiger partial charge in [-0.3, -0.25) is 9.69 Å². The van der Waals surface area contributed by atoms with E-state index >= 15 is 0 Å². The lowest BCUT2D eigenvalue weighted by Crippen LogP contribution is -2.36. The molecule has 0 amide bonds. The summed E-state index contributed by atoms with van der Waals surface area (Å²) in [6.45, 7) is 4.76. The molecule has 1 aliphatic carbocycles. The number of carbonyl (C=O) groups excluding carboxylic acids is 1. The minimum absolute atomic E-state index is 0.243. The Bertz CT molecular complexity index is 397. The number of benzene rings is 1. The van der Waals surface area contributed by atoms with Gasteiger partial charge in [-0.1, -0.05) is 25.5 Å². The molecule has 98 valence electrons. The van der Waals surface area contributed by atoms with Crippen LogP contribution in [-0.4, -0.2) is 30.3 Å². The van der Waals surface area contributed by atoms with E-state index in [9.17, 15) is 4.79 Å². The van der Waals surface area contributed by atoms with Crippen molar-refractivity contribution in [2.75, 3.05) is 19.6 Å². The van der Waals surface area contributed by atoms with E-state index in [4.69, 9.17) is 0 Å². The van der Waals surface area contributed by atoms with Crippen LogP contribution in [0.15, 0.2) is 24.3 Å². The van der Waals surface area contributed by atoms with E-state index in [1.54, 1.807) is 0 Å². The van der Waals surface area contributed by atoms with Crippen LogP contribution in [0, 0.1) is 9.49 Å². The van der Waals surface area contributed by atoms with Crippen molar-refractivity contribution in [3.8, 4) is 0 Å². The van der Waals surface area contributed by atoms with E-state index < -0.39 is 0 Å². The van der Waals surface area contributed by atoms with Gasteiger partial charge in [0.25, 0.3) is 0 Å². The van der Waals surface area contributed by atoms with Crippen LogP contribution in [0.5, 0.6) is 0 Å². The quantitative estimate of drug-likeness (QED) is 0.573. The van der Waals surface area contributed by atoms with Gasteiger partial charge in [-0.15, -0.1) is 0 Å². The highest BCUT2D eigenvalue weighted by atomic mass is 127. The lowest BCUT2D eigenvalue weighted by molar-refractivity contribution is 0.0905. The largest absolute Gasteiger partial charge is 0.296 e. The van der Waals surface area contributed by atoms with Crippen LogP contribution in [0.2, 0.25) is 0 Å². The van der Waals surface area contributed by atoms with Crippen LogP contribution in [0.3, 0.4) is 0 Å². The summed E-state index contributed by atoms with van der Waals surface area (Å²) < 4.78 is 1.17. The molecule has 0 spiro atoms. The van der Waals surface area contributed by atoms with Gasteiger partial charge in [-0.2, -0.15) is 0 Å². The summed E-state index contributed by atoms with van der Waals surface area (Å²) in [5.74, 6) is 1.07. The maximum absolute atomic E-state index is 12.2. The molecule has 0 atom stereocenters. The Morgan fingerprint density at radius 2 is 2.00 bits per heavy atom. The van der Waals surface area contributed by atoms with Crippen LogP contribution >= 0.6 is 22.6 Å². The molecule has 0 aliphatic heterocycles. The predicted octanol–water partition coefficient (Wildman–Crippen LogP) is 3.60. The van der Waals surface area contributed by atoms with Crippen molar-refractivity contribution >= 4 is 28.4 Å². The molecular formula is C15H20INO. The minimum atomic E-state index is 0.243. The fourth-order valence-corrected chi connectivity index (χ4v) is 2.64. The Labute approximate surface area is 123 Å². The molecule has 1 aromatic rings. The zero-order valence-electron chi connectivity index (χ0n) is 10.9. The van der Waals surface area contributed by atoms with Crippen molar-refractivity contribution in [1.82, 2.24) is 4.90 Å². The Morgan fingerprint density at radius 1 is 1.33 bits per heavy atom. The number of likely N-dealkylation sites (N-methyl/N-ethyl adjacent to an activating group) is 1. The first kappa shape index (κ1) is 14.0. The van der Waals surface area contributed by atoms with E-state index in [1.165, 1.54) is 22.8 Å². The molecule has 2 rings (SSSR count). The number of hydrogen-bond acceptors (Lipinski definition) is 2. The molecular weight excluding hydrogens is 337 g/mol. The number of rotatable bonds is 6. The van der Waals surface area contributed by atoms with Crippen molar-refractivity contribution in [3.05, 3.63) is 33.4 Å². The second-order valence-corrected chi connectivity index (χ2v) is 6.30. The van der Waals surface area contributed by atoms with Gasteiger partial charge >= 0.3 is 0 Å². The molecule has 0 radical (unpaired) electrons. The zero-order valence-corrected chi connectivity index (χ0v) is 13.0. The highest BCUT2D eigenvalue weighted by Crippen LogP contribution is 2.27. The fourth-order valence-electron chi connectivity index (χ4n) is 2.28. The summed E-state index contributed by atoms with van der Waals surface area (Å²) in [6, 6.07) is 7.86. The average molecular weight is 357 g/mol. The number of hydrogen-bond donors (Lipinski definition) is 0. The van der Waals surface area contributed by atoms with Crippen LogP contribution in [-0.2, 0) is 0 Å². The van der Waals surface area contributed by atoms with E-state index in [1.807, 2.05) is 24.3 Å². The van der Waals surface area contributed by atoms with Crippen LogP contribution < -0.4 is 0 Å². The summed E-state index contributed by atoms with van der Waals surface area (Å²) in [6.07, 6.45) is 4.05. The van der Waals surface area contributed by atoms with Crippen LogP contribution in [0.4, 0.5) is 0 Å². The molecule has 1 aliphatic rings. The summed E-state index contributed by atoms with van der Waals surface area (Å²) in [5, 5.41) is 0. The molecule has 1 fully saturated rings. The lowest BCUT2D eigenvalue weighted by Gasteiger charge is -2.31. The number of ketones is 1. The molecule has 1 saturated carbocycles. The average Bonchev–Trinajstić information content (AvgIpc) is 2.32. The maximum atomic E-state index is 12.2. The highest BCUT2D eigenvalue weighted by Gasteiger charge is 2.21. The molecule has 2 nitrogen and oxygen atoms in total. The first-order chi connectivity index (χ1) is 8.69. The molecule has 0 aromatic heterocycles. The van der Waals surface area contributed by atoms with Gasteiger partial charge in [0, 0.05) is 15.7 Å². The van der Waals surface area contributed by atoms with Gasteiger partial charge in [0.15, 0.2) is 5.78 Å². The monoisotopic (exact) mass is 357 g/mol. The molecule has 0 bridgehead atoms. The SMILES string of the molecule is CCN(CC(=O)c1ccc(I)cc1)CC1CCC1.